The van der Waals surface area contributed by atoms with E-state index < -0.39 is 0 Å². The molecule has 0 aliphatic heterocycles. The van der Waals surface area contributed by atoms with Crippen LogP contribution in [0.3, 0.4) is 0 Å². The fourth-order valence-electron chi connectivity index (χ4n) is 1.28. The van der Waals surface area contributed by atoms with Crippen LogP contribution in [-0.2, 0) is 4.79 Å². The Hall–Kier alpha value is -1.00. The third-order valence-corrected chi connectivity index (χ3v) is 2.70. The molecular formula is C10H14N2OS. The van der Waals surface area contributed by atoms with Crippen molar-refractivity contribution in [3.8, 4) is 0 Å². The van der Waals surface area contributed by atoms with Gasteiger partial charge in [0.05, 0.1) is 10.7 Å². The molecule has 0 N–H and O–H groups in total. The summed E-state index contributed by atoms with van der Waals surface area (Å²) in [7, 11) is 3.72. The first-order chi connectivity index (χ1) is 6.56. The molecule has 1 aromatic rings. The van der Waals surface area contributed by atoms with E-state index >= 15 is 0 Å². The van der Waals surface area contributed by atoms with Gasteiger partial charge in [0.25, 0.3) is 0 Å². The SMILES string of the molecule is C=CC(=O)C(c1csc(C)n1)N(C)C. The van der Waals surface area contributed by atoms with E-state index in [4.69, 9.17) is 0 Å². The van der Waals surface area contributed by atoms with Gasteiger partial charge in [-0.15, -0.1) is 11.3 Å². The molecule has 4 heteroatoms. The second kappa shape index (κ2) is 4.48. The monoisotopic (exact) mass is 210 g/mol. The van der Waals surface area contributed by atoms with Gasteiger partial charge in [0.1, 0.15) is 6.04 Å². The van der Waals surface area contributed by atoms with Gasteiger partial charge < -0.3 is 0 Å². The molecule has 0 spiro atoms. The van der Waals surface area contributed by atoms with Crippen LogP contribution >= 0.6 is 11.3 Å². The fraction of sp³-hybridized carbons (Fsp3) is 0.400. The van der Waals surface area contributed by atoms with Gasteiger partial charge in [-0.05, 0) is 27.1 Å². The largest absolute Gasteiger partial charge is 0.294 e. The molecule has 0 saturated heterocycles. The van der Waals surface area contributed by atoms with E-state index in [1.54, 1.807) is 11.3 Å². The lowest BCUT2D eigenvalue weighted by molar-refractivity contribution is -0.119. The average Bonchev–Trinajstić information content (AvgIpc) is 2.51. The maximum Gasteiger partial charge on any atom is 0.178 e. The van der Waals surface area contributed by atoms with Crippen molar-refractivity contribution >= 4 is 17.1 Å². The van der Waals surface area contributed by atoms with E-state index in [9.17, 15) is 4.79 Å². The molecule has 1 rings (SSSR count). The zero-order valence-corrected chi connectivity index (χ0v) is 9.47. The Labute approximate surface area is 88.1 Å². The van der Waals surface area contributed by atoms with Crippen LogP contribution in [0.25, 0.3) is 0 Å². The first-order valence-electron chi connectivity index (χ1n) is 4.31. The number of carbonyl (C=O) groups excluding carboxylic acids is 1. The summed E-state index contributed by atoms with van der Waals surface area (Å²) in [5.41, 5.74) is 0.808. The number of nitrogens with zero attached hydrogens (tertiary/aromatic N) is 2. The quantitative estimate of drug-likeness (QED) is 0.711. The highest BCUT2D eigenvalue weighted by Crippen LogP contribution is 2.21. The summed E-state index contributed by atoms with van der Waals surface area (Å²) in [6.07, 6.45) is 1.35. The van der Waals surface area contributed by atoms with E-state index in [1.165, 1.54) is 6.08 Å². The van der Waals surface area contributed by atoms with Crippen LogP contribution in [0, 0.1) is 6.92 Å². The van der Waals surface area contributed by atoms with Gasteiger partial charge in [0, 0.05) is 5.38 Å². The molecule has 0 aliphatic rings. The number of thiazole rings is 1. The van der Waals surface area contributed by atoms with Gasteiger partial charge >= 0.3 is 0 Å². The number of hydrogen-bond donors (Lipinski definition) is 0. The standard InChI is InChI=1S/C10H14N2OS/c1-5-9(13)10(12(3)4)8-6-14-7(2)11-8/h5-6,10H,1H2,2-4H3. The Morgan fingerprint density at radius 3 is 2.71 bits per heavy atom. The summed E-state index contributed by atoms with van der Waals surface area (Å²) in [6.45, 7) is 5.43. The Bertz CT molecular complexity index is 344. The second-order valence-electron chi connectivity index (χ2n) is 3.26. The highest BCUT2D eigenvalue weighted by molar-refractivity contribution is 7.09. The highest BCUT2D eigenvalue weighted by atomic mass is 32.1. The zero-order valence-electron chi connectivity index (χ0n) is 8.65. The average molecular weight is 210 g/mol. The summed E-state index contributed by atoms with van der Waals surface area (Å²) >= 11 is 1.55. The molecule has 0 radical (unpaired) electrons. The molecule has 14 heavy (non-hydrogen) atoms. The molecule has 1 unspecified atom stereocenters. The van der Waals surface area contributed by atoms with E-state index in [-0.39, 0.29) is 11.8 Å². The molecule has 0 bridgehead atoms. The van der Waals surface area contributed by atoms with Crippen molar-refractivity contribution in [1.82, 2.24) is 9.88 Å². The molecule has 3 nitrogen and oxygen atoms in total. The van der Waals surface area contributed by atoms with Crippen molar-refractivity contribution in [1.29, 1.82) is 0 Å². The smallest absolute Gasteiger partial charge is 0.178 e. The third-order valence-electron chi connectivity index (χ3n) is 1.90. The van der Waals surface area contributed by atoms with E-state index in [1.807, 2.05) is 31.3 Å². The number of hydrogen-bond acceptors (Lipinski definition) is 4. The second-order valence-corrected chi connectivity index (χ2v) is 4.33. The molecule has 0 aromatic carbocycles. The molecule has 0 fully saturated rings. The van der Waals surface area contributed by atoms with Crippen molar-refractivity contribution in [2.45, 2.75) is 13.0 Å². The Balaban J connectivity index is 2.99. The normalized spacial score (nSPS) is 12.9. The predicted molar refractivity (Wildman–Crippen MR) is 58.5 cm³/mol. The topological polar surface area (TPSA) is 33.2 Å². The third kappa shape index (κ3) is 2.27. The summed E-state index contributed by atoms with van der Waals surface area (Å²) in [5.74, 6) is -0.0136. The predicted octanol–water partition coefficient (Wildman–Crippen LogP) is 1.81. The minimum Gasteiger partial charge on any atom is -0.294 e. The van der Waals surface area contributed by atoms with Gasteiger partial charge in [-0.3, -0.25) is 9.69 Å². The minimum atomic E-state index is -0.294. The number of likely N-dealkylation sites (N-methyl/N-ethyl adjacent to an activating group) is 1. The van der Waals surface area contributed by atoms with E-state index in [0.29, 0.717) is 0 Å². The highest BCUT2D eigenvalue weighted by Gasteiger charge is 2.22. The van der Waals surface area contributed by atoms with Crippen LogP contribution in [0.1, 0.15) is 16.7 Å². The molecule has 0 saturated carbocycles. The lowest BCUT2D eigenvalue weighted by Crippen LogP contribution is -2.26. The maximum absolute atomic E-state index is 11.6. The van der Waals surface area contributed by atoms with Crippen LogP contribution in [0.5, 0.6) is 0 Å². The molecule has 76 valence electrons. The number of aromatic nitrogens is 1. The van der Waals surface area contributed by atoms with Gasteiger partial charge in [0.2, 0.25) is 0 Å². The van der Waals surface area contributed by atoms with Crippen LogP contribution in [-0.4, -0.2) is 29.8 Å². The molecule has 1 atom stereocenters. The zero-order chi connectivity index (χ0) is 10.7. The number of rotatable bonds is 4. The Morgan fingerprint density at radius 1 is 1.71 bits per heavy atom. The van der Waals surface area contributed by atoms with Crippen LogP contribution < -0.4 is 0 Å². The molecule has 1 heterocycles. The fourth-order valence-corrected chi connectivity index (χ4v) is 1.91. The van der Waals surface area contributed by atoms with Gasteiger partial charge in [0.15, 0.2) is 5.78 Å². The first-order valence-corrected chi connectivity index (χ1v) is 5.19. The van der Waals surface area contributed by atoms with Gasteiger partial charge in [-0.1, -0.05) is 6.58 Å². The van der Waals surface area contributed by atoms with Crippen molar-refractivity contribution in [2.24, 2.45) is 0 Å². The number of carbonyl (C=O) groups is 1. The Morgan fingerprint density at radius 2 is 2.36 bits per heavy atom. The first kappa shape index (κ1) is 11.1. The van der Waals surface area contributed by atoms with Crippen LogP contribution in [0.2, 0.25) is 0 Å². The van der Waals surface area contributed by atoms with E-state index in [2.05, 4.69) is 11.6 Å². The molecule has 0 aliphatic carbocycles. The Kier molecular flexibility index (Phi) is 3.55. The summed E-state index contributed by atoms with van der Waals surface area (Å²) in [6, 6.07) is -0.294. The van der Waals surface area contributed by atoms with Crippen LogP contribution in [0.4, 0.5) is 0 Å². The van der Waals surface area contributed by atoms with E-state index in [0.717, 1.165) is 10.7 Å². The molecule has 1 aromatic heterocycles. The summed E-state index contributed by atoms with van der Waals surface area (Å²) in [4.78, 5) is 17.7. The molecular weight excluding hydrogens is 196 g/mol. The van der Waals surface area contributed by atoms with Gasteiger partial charge in [-0.2, -0.15) is 0 Å². The lowest BCUT2D eigenvalue weighted by atomic mass is 10.1. The summed E-state index contributed by atoms with van der Waals surface area (Å²) < 4.78 is 0. The van der Waals surface area contributed by atoms with Crippen molar-refractivity contribution in [3.63, 3.8) is 0 Å². The van der Waals surface area contributed by atoms with Crippen molar-refractivity contribution < 1.29 is 4.79 Å². The van der Waals surface area contributed by atoms with Gasteiger partial charge in [-0.25, -0.2) is 4.98 Å². The number of ketones is 1. The van der Waals surface area contributed by atoms with Crippen molar-refractivity contribution in [2.75, 3.05) is 14.1 Å². The summed E-state index contributed by atoms with van der Waals surface area (Å²) in [5, 5.41) is 2.89. The molecule has 0 amide bonds. The number of aryl methyl sites for hydroxylation is 1. The maximum atomic E-state index is 11.6. The lowest BCUT2D eigenvalue weighted by Gasteiger charge is -2.19. The minimum absolute atomic E-state index is 0.0136. The van der Waals surface area contributed by atoms with Crippen LogP contribution in [0.15, 0.2) is 18.0 Å². The van der Waals surface area contributed by atoms with Crippen molar-refractivity contribution in [3.05, 3.63) is 28.7 Å².